The molecule has 180 valence electrons. The monoisotopic (exact) mass is 542 g/mol. The van der Waals surface area contributed by atoms with Crippen molar-refractivity contribution in [3.63, 3.8) is 0 Å². The van der Waals surface area contributed by atoms with Gasteiger partial charge in [0.25, 0.3) is 5.91 Å². The molecule has 6 rings (SSSR count). The predicted molar refractivity (Wildman–Crippen MR) is 137 cm³/mol. The topological polar surface area (TPSA) is 58.6 Å². The molecule has 1 heterocycles. The first-order valence-electron chi connectivity index (χ1n) is 12.3. The van der Waals surface area contributed by atoms with E-state index >= 15 is 0 Å². The number of amides is 1. The van der Waals surface area contributed by atoms with E-state index in [-0.39, 0.29) is 23.5 Å². The fourth-order valence-corrected chi connectivity index (χ4v) is 7.59. The molecule has 0 aromatic heterocycles. The molecule has 1 unspecified atom stereocenters. The maximum Gasteiger partial charge on any atom is 0.258 e. The highest BCUT2D eigenvalue weighted by molar-refractivity contribution is 9.10. The van der Waals surface area contributed by atoms with Gasteiger partial charge in [0.2, 0.25) is 0 Å². The van der Waals surface area contributed by atoms with Crippen molar-refractivity contribution in [2.45, 2.75) is 73.8 Å². The fourth-order valence-electron chi connectivity index (χ4n) is 6.16. The van der Waals surface area contributed by atoms with Gasteiger partial charge in [-0.25, -0.2) is 8.93 Å². The third kappa shape index (κ3) is 3.98. The van der Waals surface area contributed by atoms with E-state index in [1.807, 2.05) is 29.2 Å². The van der Waals surface area contributed by atoms with Crippen molar-refractivity contribution < 1.29 is 13.7 Å². The molecule has 3 saturated carbocycles. The molecule has 7 heteroatoms. The van der Waals surface area contributed by atoms with Crippen molar-refractivity contribution >= 4 is 38.5 Å². The number of halogens is 1. The van der Waals surface area contributed by atoms with Gasteiger partial charge in [0.05, 0.1) is 11.0 Å². The summed E-state index contributed by atoms with van der Waals surface area (Å²) in [6, 6.07) is 13.8. The molecule has 1 amide bonds. The zero-order valence-electron chi connectivity index (χ0n) is 19.5. The molecule has 0 bridgehead atoms. The Hall–Kier alpha value is -1.54. The first-order valence-corrected chi connectivity index (χ1v) is 14.3. The van der Waals surface area contributed by atoms with Crippen LogP contribution in [0.2, 0.25) is 0 Å². The molecule has 2 aromatic carbocycles. The van der Waals surface area contributed by atoms with E-state index in [0.717, 1.165) is 42.4 Å². The Labute approximate surface area is 212 Å². The molecule has 5 nitrogen and oxygen atoms in total. The van der Waals surface area contributed by atoms with Gasteiger partial charge >= 0.3 is 0 Å². The Morgan fingerprint density at radius 2 is 1.82 bits per heavy atom. The molecular formula is C27H31BrN2O3S. The van der Waals surface area contributed by atoms with Crippen LogP contribution in [0.1, 0.15) is 67.3 Å². The van der Waals surface area contributed by atoms with E-state index in [9.17, 15) is 9.00 Å². The van der Waals surface area contributed by atoms with E-state index in [4.69, 9.17) is 4.74 Å². The Morgan fingerprint density at radius 1 is 1.09 bits per heavy atom. The van der Waals surface area contributed by atoms with Gasteiger partial charge in [0.1, 0.15) is 11.0 Å². The second-order valence-electron chi connectivity index (χ2n) is 10.8. The lowest BCUT2D eigenvalue weighted by Gasteiger charge is -2.38. The van der Waals surface area contributed by atoms with E-state index in [1.54, 1.807) is 13.2 Å². The maximum absolute atomic E-state index is 13.8. The predicted octanol–water partition coefficient (Wildman–Crippen LogP) is 5.49. The average molecular weight is 544 g/mol. The van der Waals surface area contributed by atoms with Crippen LogP contribution in [-0.4, -0.2) is 35.9 Å². The van der Waals surface area contributed by atoms with Gasteiger partial charge in [-0.3, -0.25) is 4.79 Å². The number of fused-ring (bicyclic) bond motifs is 2. The number of benzene rings is 2. The van der Waals surface area contributed by atoms with Crippen LogP contribution in [-0.2, 0) is 21.1 Å². The molecule has 3 fully saturated rings. The minimum Gasteiger partial charge on any atom is -0.381 e. The Balaban J connectivity index is 1.23. The van der Waals surface area contributed by atoms with Gasteiger partial charge in [-0.1, -0.05) is 22.0 Å². The molecule has 1 atom stereocenters. The first kappa shape index (κ1) is 22.9. The van der Waals surface area contributed by atoms with Gasteiger partial charge in [-0.15, -0.1) is 0 Å². The number of methoxy groups -OCH3 is 1. The zero-order chi connectivity index (χ0) is 23.5. The summed E-state index contributed by atoms with van der Waals surface area (Å²) in [6.07, 6.45) is 9.58. The fraction of sp³-hybridized carbons (Fsp3) is 0.519. The summed E-state index contributed by atoms with van der Waals surface area (Å²) in [5, 5.41) is 0. The summed E-state index contributed by atoms with van der Waals surface area (Å²) < 4.78 is 22.5. The number of rotatable bonds is 5. The van der Waals surface area contributed by atoms with Crippen molar-refractivity contribution in [3.05, 3.63) is 58.1 Å². The number of nitrogens with zero attached hydrogens (tertiary/aromatic N) is 1. The summed E-state index contributed by atoms with van der Waals surface area (Å²) in [4.78, 5) is 16.4. The molecule has 0 saturated heterocycles. The summed E-state index contributed by atoms with van der Waals surface area (Å²) in [5.74, 6) is -0.00547. The number of carbonyl (C=O) groups excluding carboxylic acids is 1. The van der Waals surface area contributed by atoms with Gasteiger partial charge in [0.15, 0.2) is 0 Å². The normalized spacial score (nSPS) is 26.8. The largest absolute Gasteiger partial charge is 0.381 e. The van der Waals surface area contributed by atoms with Crippen molar-refractivity contribution in [3.8, 4) is 0 Å². The molecule has 34 heavy (non-hydrogen) atoms. The molecule has 1 aliphatic heterocycles. The second-order valence-corrected chi connectivity index (χ2v) is 12.9. The lowest BCUT2D eigenvalue weighted by molar-refractivity contribution is 0.0239. The minimum atomic E-state index is -1.35. The smallest absolute Gasteiger partial charge is 0.258 e. The van der Waals surface area contributed by atoms with Gasteiger partial charge in [0, 0.05) is 40.8 Å². The van der Waals surface area contributed by atoms with Gasteiger partial charge in [-0.05, 0) is 98.7 Å². The third-order valence-electron chi connectivity index (χ3n) is 8.75. The standard InChI is InChI=1S/C27H31BrN2O3S/c1-33-21-15-20(16-21)29-34(32)22-4-2-3-18(13-22)25(31)30-17-27(11-9-26(7-8-26)10-12-27)23-14-19(28)5-6-24(23)30/h2-6,13-14,20-21,29H,7-12,15-17H2,1H3. The Morgan fingerprint density at radius 3 is 2.53 bits per heavy atom. The molecule has 1 N–H and O–H groups in total. The number of carbonyl (C=O) groups is 1. The molecule has 3 aliphatic carbocycles. The number of anilines is 1. The van der Waals surface area contributed by atoms with Crippen LogP contribution in [0.25, 0.3) is 0 Å². The average Bonchev–Trinajstić information content (AvgIpc) is 3.53. The van der Waals surface area contributed by atoms with Crippen LogP contribution in [0.5, 0.6) is 0 Å². The number of hydrogen-bond donors (Lipinski definition) is 1. The molecule has 0 radical (unpaired) electrons. The number of hydrogen-bond acceptors (Lipinski definition) is 3. The molecule has 4 aliphatic rings. The van der Waals surface area contributed by atoms with E-state index in [0.29, 0.717) is 15.9 Å². The second kappa shape index (κ2) is 8.54. The van der Waals surface area contributed by atoms with Gasteiger partial charge in [-0.2, -0.15) is 0 Å². The minimum absolute atomic E-state index is 0.00547. The highest BCUT2D eigenvalue weighted by atomic mass is 79.9. The highest BCUT2D eigenvalue weighted by Gasteiger charge is 2.53. The number of nitrogens with one attached hydrogen (secondary N) is 1. The lowest BCUT2D eigenvalue weighted by Crippen LogP contribution is -2.45. The SMILES string of the molecule is COC1CC(NS(=O)c2cccc(C(=O)N3CC4(CCC5(CC5)CC4)c4cc(Br)ccc43)c2)C1. The number of ether oxygens (including phenoxy) is 1. The molecular weight excluding hydrogens is 512 g/mol. The van der Waals surface area contributed by atoms with Crippen LogP contribution in [0.4, 0.5) is 5.69 Å². The Bertz CT molecular complexity index is 1150. The summed E-state index contributed by atoms with van der Waals surface area (Å²) >= 11 is 3.66. The van der Waals surface area contributed by atoms with Crippen LogP contribution >= 0.6 is 15.9 Å². The third-order valence-corrected chi connectivity index (χ3v) is 10.5. The van der Waals surface area contributed by atoms with Crippen LogP contribution in [0.3, 0.4) is 0 Å². The zero-order valence-corrected chi connectivity index (χ0v) is 21.9. The lowest BCUT2D eigenvalue weighted by atomic mass is 9.66. The molecule has 2 spiro atoms. The highest BCUT2D eigenvalue weighted by Crippen LogP contribution is 2.62. The maximum atomic E-state index is 13.8. The Kier molecular flexibility index (Phi) is 5.75. The first-order chi connectivity index (χ1) is 16.4. The molecule has 2 aromatic rings. The summed E-state index contributed by atoms with van der Waals surface area (Å²) in [5.41, 5.74) is 3.59. The van der Waals surface area contributed by atoms with Gasteiger partial charge < -0.3 is 9.64 Å². The summed E-state index contributed by atoms with van der Waals surface area (Å²) in [6.45, 7) is 0.736. The van der Waals surface area contributed by atoms with Crippen molar-refractivity contribution in [2.75, 3.05) is 18.6 Å². The van der Waals surface area contributed by atoms with E-state index < -0.39 is 11.0 Å². The quantitative estimate of drug-likeness (QED) is 0.543. The van der Waals surface area contributed by atoms with E-state index in [2.05, 4.69) is 32.8 Å². The summed E-state index contributed by atoms with van der Waals surface area (Å²) in [7, 11) is 0.361. The van der Waals surface area contributed by atoms with E-state index in [1.165, 1.54) is 31.2 Å². The van der Waals surface area contributed by atoms with Crippen molar-refractivity contribution in [1.82, 2.24) is 4.72 Å². The van der Waals surface area contributed by atoms with Crippen LogP contribution in [0, 0.1) is 5.41 Å². The van der Waals surface area contributed by atoms with Crippen molar-refractivity contribution in [2.24, 2.45) is 5.41 Å². The van der Waals surface area contributed by atoms with Crippen LogP contribution in [0.15, 0.2) is 51.8 Å². The van der Waals surface area contributed by atoms with Crippen molar-refractivity contribution in [1.29, 1.82) is 0 Å². The van der Waals surface area contributed by atoms with Crippen LogP contribution < -0.4 is 9.62 Å².